The second-order valence-corrected chi connectivity index (χ2v) is 6.19. The van der Waals surface area contributed by atoms with Gasteiger partial charge in [-0.3, -0.25) is 4.79 Å². The first-order chi connectivity index (χ1) is 10.1. The number of halogens is 1. The van der Waals surface area contributed by atoms with E-state index in [1.165, 1.54) is 23.5 Å². The summed E-state index contributed by atoms with van der Waals surface area (Å²) in [5.74, 6) is 0.440. The van der Waals surface area contributed by atoms with Crippen molar-refractivity contribution in [2.75, 3.05) is 0 Å². The standard InChI is InChI=1S/C16H15FN2OS/c1-3-4-12-18-15(20)14-13(9(2)21-16(14)19-12)10-5-7-11(17)8-6-10/h5-8H,3-4H2,1-2H3,(H,18,19,20). The Morgan fingerprint density at radius 2 is 2.00 bits per heavy atom. The van der Waals surface area contributed by atoms with Crippen LogP contribution in [-0.4, -0.2) is 9.97 Å². The number of fused-ring (bicyclic) bond motifs is 1. The highest BCUT2D eigenvalue weighted by atomic mass is 32.1. The van der Waals surface area contributed by atoms with E-state index in [2.05, 4.69) is 9.97 Å². The highest BCUT2D eigenvalue weighted by Gasteiger charge is 2.16. The van der Waals surface area contributed by atoms with Gasteiger partial charge in [0.1, 0.15) is 16.5 Å². The van der Waals surface area contributed by atoms with Gasteiger partial charge in [-0.25, -0.2) is 9.37 Å². The van der Waals surface area contributed by atoms with Crippen molar-refractivity contribution in [1.29, 1.82) is 0 Å². The molecule has 0 aliphatic carbocycles. The number of aromatic nitrogens is 2. The Kier molecular flexibility index (Phi) is 3.59. The van der Waals surface area contributed by atoms with Gasteiger partial charge in [-0.1, -0.05) is 19.1 Å². The minimum absolute atomic E-state index is 0.118. The lowest BCUT2D eigenvalue weighted by Crippen LogP contribution is -2.11. The van der Waals surface area contributed by atoms with Crippen LogP contribution < -0.4 is 5.56 Å². The van der Waals surface area contributed by atoms with Crippen LogP contribution in [0.2, 0.25) is 0 Å². The summed E-state index contributed by atoms with van der Waals surface area (Å²) in [6, 6.07) is 6.21. The summed E-state index contributed by atoms with van der Waals surface area (Å²) in [6.07, 6.45) is 1.69. The predicted molar refractivity (Wildman–Crippen MR) is 84.4 cm³/mol. The molecular weight excluding hydrogens is 287 g/mol. The number of aromatic amines is 1. The monoisotopic (exact) mass is 302 g/mol. The molecule has 0 unspecified atom stereocenters. The average Bonchev–Trinajstić information content (AvgIpc) is 2.77. The summed E-state index contributed by atoms with van der Waals surface area (Å²) < 4.78 is 13.1. The normalized spacial score (nSPS) is 11.2. The maximum Gasteiger partial charge on any atom is 0.260 e. The highest BCUT2D eigenvalue weighted by Crippen LogP contribution is 2.35. The molecule has 21 heavy (non-hydrogen) atoms. The molecule has 1 aromatic carbocycles. The van der Waals surface area contributed by atoms with E-state index in [9.17, 15) is 9.18 Å². The minimum Gasteiger partial charge on any atom is -0.310 e. The van der Waals surface area contributed by atoms with Gasteiger partial charge < -0.3 is 4.98 Å². The zero-order valence-electron chi connectivity index (χ0n) is 11.9. The van der Waals surface area contributed by atoms with Crippen molar-refractivity contribution in [3.05, 3.63) is 51.1 Å². The predicted octanol–water partition coefficient (Wildman–Crippen LogP) is 4.05. The van der Waals surface area contributed by atoms with Gasteiger partial charge in [0.15, 0.2) is 0 Å². The molecule has 0 radical (unpaired) electrons. The summed E-state index contributed by atoms with van der Waals surface area (Å²) in [4.78, 5) is 21.5. The SMILES string of the molecule is CCCc1nc2sc(C)c(-c3ccc(F)cc3)c2c(=O)[nH]1. The number of rotatable bonds is 3. The smallest absolute Gasteiger partial charge is 0.260 e. The van der Waals surface area contributed by atoms with Crippen LogP contribution in [0.5, 0.6) is 0 Å². The molecule has 0 atom stereocenters. The Morgan fingerprint density at radius 3 is 2.67 bits per heavy atom. The molecule has 0 aliphatic rings. The van der Waals surface area contributed by atoms with Gasteiger partial charge in [-0.15, -0.1) is 11.3 Å². The molecule has 0 amide bonds. The Hall–Kier alpha value is -2.01. The summed E-state index contributed by atoms with van der Waals surface area (Å²) in [5, 5.41) is 0.601. The Morgan fingerprint density at radius 1 is 1.29 bits per heavy atom. The molecule has 5 heteroatoms. The number of hydrogen-bond donors (Lipinski definition) is 1. The first-order valence-corrected chi connectivity index (χ1v) is 7.70. The molecule has 0 bridgehead atoms. The first-order valence-electron chi connectivity index (χ1n) is 6.88. The fourth-order valence-corrected chi connectivity index (χ4v) is 3.55. The second kappa shape index (κ2) is 5.41. The van der Waals surface area contributed by atoms with E-state index in [1.807, 2.05) is 13.8 Å². The average molecular weight is 302 g/mol. The number of benzene rings is 1. The van der Waals surface area contributed by atoms with Crippen LogP contribution in [0.1, 0.15) is 24.0 Å². The molecule has 0 spiro atoms. The molecule has 108 valence electrons. The number of hydrogen-bond acceptors (Lipinski definition) is 3. The van der Waals surface area contributed by atoms with Crippen LogP contribution in [-0.2, 0) is 6.42 Å². The Balaban J connectivity index is 2.26. The Bertz CT molecular complexity index is 849. The van der Waals surface area contributed by atoms with Crippen LogP contribution in [0.4, 0.5) is 4.39 Å². The number of nitrogens with zero attached hydrogens (tertiary/aromatic N) is 1. The Labute approximate surface area is 125 Å². The summed E-state index contributed by atoms with van der Waals surface area (Å²) in [7, 11) is 0. The minimum atomic E-state index is -0.284. The van der Waals surface area contributed by atoms with Gasteiger partial charge in [0.05, 0.1) is 5.39 Å². The van der Waals surface area contributed by atoms with Gasteiger partial charge in [-0.05, 0) is 31.0 Å². The molecule has 3 rings (SSSR count). The number of thiophene rings is 1. The van der Waals surface area contributed by atoms with Crippen LogP contribution in [0.25, 0.3) is 21.3 Å². The van der Waals surface area contributed by atoms with Crippen molar-refractivity contribution >= 4 is 21.6 Å². The third-order valence-corrected chi connectivity index (χ3v) is 4.41. The summed E-state index contributed by atoms with van der Waals surface area (Å²) >= 11 is 1.51. The van der Waals surface area contributed by atoms with Gasteiger partial charge in [-0.2, -0.15) is 0 Å². The molecule has 2 aromatic heterocycles. The van der Waals surface area contributed by atoms with Crippen LogP contribution in [0, 0.1) is 12.7 Å². The lowest BCUT2D eigenvalue weighted by molar-refractivity contribution is 0.628. The largest absolute Gasteiger partial charge is 0.310 e. The molecule has 0 saturated heterocycles. The van der Waals surface area contributed by atoms with Crippen LogP contribution in [0.3, 0.4) is 0 Å². The third kappa shape index (κ3) is 2.49. The lowest BCUT2D eigenvalue weighted by atomic mass is 10.0. The quantitative estimate of drug-likeness (QED) is 0.793. The van der Waals surface area contributed by atoms with Crippen molar-refractivity contribution in [3.63, 3.8) is 0 Å². The zero-order valence-corrected chi connectivity index (χ0v) is 12.7. The van der Waals surface area contributed by atoms with Crippen LogP contribution >= 0.6 is 11.3 Å². The number of H-pyrrole nitrogens is 1. The maximum absolute atomic E-state index is 13.1. The van der Waals surface area contributed by atoms with Crippen molar-refractivity contribution in [2.24, 2.45) is 0 Å². The first kappa shape index (κ1) is 13.9. The molecule has 0 saturated carbocycles. The fraction of sp³-hybridized carbons (Fsp3) is 0.250. The van der Waals surface area contributed by atoms with E-state index in [4.69, 9.17) is 0 Å². The fourth-order valence-electron chi connectivity index (χ4n) is 2.48. The third-order valence-electron chi connectivity index (χ3n) is 3.41. The maximum atomic E-state index is 13.1. The number of aryl methyl sites for hydroxylation is 2. The molecule has 0 aliphatic heterocycles. The van der Waals surface area contributed by atoms with Crippen LogP contribution in [0.15, 0.2) is 29.1 Å². The van der Waals surface area contributed by atoms with E-state index in [1.54, 1.807) is 12.1 Å². The van der Waals surface area contributed by atoms with E-state index < -0.39 is 0 Å². The number of nitrogens with one attached hydrogen (secondary N) is 1. The second-order valence-electron chi connectivity index (χ2n) is 4.98. The van der Waals surface area contributed by atoms with Crippen molar-refractivity contribution < 1.29 is 4.39 Å². The topological polar surface area (TPSA) is 45.8 Å². The highest BCUT2D eigenvalue weighted by molar-refractivity contribution is 7.19. The summed E-state index contributed by atoms with van der Waals surface area (Å²) in [6.45, 7) is 4.01. The van der Waals surface area contributed by atoms with Gasteiger partial charge >= 0.3 is 0 Å². The van der Waals surface area contributed by atoms with Crippen molar-refractivity contribution in [1.82, 2.24) is 9.97 Å². The van der Waals surface area contributed by atoms with E-state index in [-0.39, 0.29) is 11.4 Å². The van der Waals surface area contributed by atoms with Crippen molar-refractivity contribution in [3.8, 4) is 11.1 Å². The van der Waals surface area contributed by atoms with Gasteiger partial charge in [0.25, 0.3) is 5.56 Å². The van der Waals surface area contributed by atoms with Crippen molar-refractivity contribution in [2.45, 2.75) is 26.7 Å². The molecule has 2 heterocycles. The molecule has 3 aromatic rings. The van der Waals surface area contributed by atoms with E-state index in [0.717, 1.165) is 39.5 Å². The summed E-state index contributed by atoms with van der Waals surface area (Å²) in [5.41, 5.74) is 1.58. The molecular formula is C16H15FN2OS. The molecule has 1 N–H and O–H groups in total. The van der Waals surface area contributed by atoms with E-state index >= 15 is 0 Å². The van der Waals surface area contributed by atoms with E-state index in [0.29, 0.717) is 5.39 Å². The van der Waals surface area contributed by atoms with Gasteiger partial charge in [0, 0.05) is 16.9 Å². The molecule has 0 fully saturated rings. The lowest BCUT2D eigenvalue weighted by Gasteiger charge is -2.02. The zero-order chi connectivity index (χ0) is 15.0. The van der Waals surface area contributed by atoms with Gasteiger partial charge in [0.2, 0.25) is 0 Å². The molecule has 3 nitrogen and oxygen atoms in total.